The van der Waals surface area contributed by atoms with Crippen molar-refractivity contribution in [1.29, 1.82) is 0 Å². The monoisotopic (exact) mass is 275 g/mol. The molecule has 3 heteroatoms. The molecule has 0 aliphatic rings. The second-order valence-electron chi connectivity index (χ2n) is 4.38. The number of aromatic amines is 1. The summed E-state index contributed by atoms with van der Waals surface area (Å²) in [5, 5.41) is 4.13. The molecule has 1 atom stereocenters. The van der Waals surface area contributed by atoms with Crippen LogP contribution in [-0.4, -0.2) is 4.98 Å². The molecule has 0 aliphatic carbocycles. The van der Waals surface area contributed by atoms with Crippen LogP contribution in [0.2, 0.25) is 5.02 Å². The summed E-state index contributed by atoms with van der Waals surface area (Å²) >= 11 is 8.16. The quantitative estimate of drug-likeness (QED) is 0.656. The van der Waals surface area contributed by atoms with Crippen LogP contribution in [-0.2, 0) is 0 Å². The Morgan fingerprint density at radius 2 is 2.17 bits per heavy atom. The Hall–Kier alpha value is -1.25. The third-order valence-corrected chi connectivity index (χ3v) is 4.66. The van der Waals surface area contributed by atoms with Crippen molar-refractivity contribution in [2.24, 2.45) is 0 Å². The fourth-order valence-corrected chi connectivity index (χ4v) is 3.72. The van der Waals surface area contributed by atoms with Crippen molar-refractivity contribution >= 4 is 33.8 Å². The number of hydrogen-bond acceptors (Lipinski definition) is 1. The van der Waals surface area contributed by atoms with Crippen molar-refractivity contribution in [2.75, 3.05) is 0 Å². The second-order valence-corrected chi connectivity index (χ2v) is 5.77. The van der Waals surface area contributed by atoms with Gasteiger partial charge in [0.15, 0.2) is 0 Å². The van der Waals surface area contributed by atoms with Gasteiger partial charge in [-0.25, -0.2) is 0 Å². The van der Waals surface area contributed by atoms with Gasteiger partial charge in [0.2, 0.25) is 0 Å². The number of benzene rings is 1. The fraction of sp³-hybridized carbons (Fsp3) is 0.200. The lowest BCUT2D eigenvalue weighted by atomic mass is 9.94. The Kier molecular flexibility index (Phi) is 3.14. The van der Waals surface area contributed by atoms with Crippen LogP contribution in [0.1, 0.15) is 29.7 Å². The highest BCUT2D eigenvalue weighted by Gasteiger charge is 2.18. The summed E-state index contributed by atoms with van der Waals surface area (Å²) < 4.78 is 0. The van der Waals surface area contributed by atoms with E-state index in [1.165, 1.54) is 15.8 Å². The number of hydrogen-bond donors (Lipinski definition) is 1. The molecular formula is C15H14ClNS. The number of nitrogens with one attached hydrogen (secondary N) is 1. The standard InChI is InChI=1S/C15H14ClNS/c1-2-10(14-7-4-8-18-14)11-9-17-13-6-3-5-12(16)15(11)13/h3-10,17H,2H2,1H3. The molecule has 2 aromatic heterocycles. The molecule has 3 aromatic rings. The first-order valence-corrected chi connectivity index (χ1v) is 7.36. The molecule has 92 valence electrons. The molecule has 2 heterocycles. The topological polar surface area (TPSA) is 15.8 Å². The Morgan fingerprint density at radius 3 is 2.89 bits per heavy atom. The Morgan fingerprint density at radius 1 is 1.28 bits per heavy atom. The van der Waals surface area contributed by atoms with E-state index in [9.17, 15) is 0 Å². The molecule has 0 bridgehead atoms. The molecular weight excluding hydrogens is 262 g/mol. The highest BCUT2D eigenvalue weighted by molar-refractivity contribution is 7.10. The molecule has 0 radical (unpaired) electrons. The zero-order chi connectivity index (χ0) is 12.5. The number of fused-ring (bicyclic) bond motifs is 1. The molecule has 0 saturated carbocycles. The van der Waals surface area contributed by atoms with Crippen molar-refractivity contribution in [2.45, 2.75) is 19.3 Å². The van der Waals surface area contributed by atoms with E-state index in [1.54, 1.807) is 0 Å². The summed E-state index contributed by atoms with van der Waals surface area (Å²) in [7, 11) is 0. The second kappa shape index (κ2) is 4.79. The highest BCUT2D eigenvalue weighted by Crippen LogP contribution is 2.37. The molecule has 1 nitrogen and oxygen atoms in total. The first-order chi connectivity index (χ1) is 8.81. The van der Waals surface area contributed by atoms with Crippen LogP contribution in [0.15, 0.2) is 41.9 Å². The minimum atomic E-state index is 0.429. The summed E-state index contributed by atoms with van der Waals surface area (Å²) in [6.07, 6.45) is 3.18. The molecule has 0 amide bonds. The van der Waals surface area contributed by atoms with Gasteiger partial charge in [-0.1, -0.05) is 30.7 Å². The summed E-state index contributed by atoms with van der Waals surface area (Å²) in [5.41, 5.74) is 2.42. The first kappa shape index (κ1) is 11.8. The van der Waals surface area contributed by atoms with Gasteiger partial charge in [-0.2, -0.15) is 0 Å². The van der Waals surface area contributed by atoms with E-state index in [-0.39, 0.29) is 0 Å². The molecule has 0 fully saturated rings. The lowest BCUT2D eigenvalue weighted by Gasteiger charge is -2.12. The van der Waals surface area contributed by atoms with Crippen LogP contribution in [0.5, 0.6) is 0 Å². The first-order valence-electron chi connectivity index (χ1n) is 6.10. The van der Waals surface area contributed by atoms with Gasteiger partial charge >= 0.3 is 0 Å². The maximum Gasteiger partial charge on any atom is 0.0502 e. The van der Waals surface area contributed by atoms with Crippen molar-refractivity contribution < 1.29 is 0 Å². The van der Waals surface area contributed by atoms with Crippen molar-refractivity contribution in [3.8, 4) is 0 Å². The van der Waals surface area contributed by atoms with Crippen molar-refractivity contribution in [1.82, 2.24) is 4.98 Å². The van der Waals surface area contributed by atoms with E-state index < -0.39 is 0 Å². The molecule has 1 N–H and O–H groups in total. The van der Waals surface area contributed by atoms with Crippen molar-refractivity contribution in [3.05, 3.63) is 57.4 Å². The van der Waals surface area contributed by atoms with E-state index in [2.05, 4.69) is 41.7 Å². The minimum Gasteiger partial charge on any atom is -0.361 e. The zero-order valence-corrected chi connectivity index (χ0v) is 11.7. The lowest BCUT2D eigenvalue weighted by molar-refractivity contribution is 0.798. The average molecular weight is 276 g/mol. The Balaban J connectivity index is 2.19. The number of thiophene rings is 1. The number of rotatable bonds is 3. The normalized spacial score (nSPS) is 13.0. The van der Waals surface area contributed by atoms with Crippen LogP contribution < -0.4 is 0 Å². The maximum atomic E-state index is 6.35. The largest absolute Gasteiger partial charge is 0.361 e. The van der Waals surface area contributed by atoms with Gasteiger partial charge in [-0.3, -0.25) is 0 Å². The van der Waals surface area contributed by atoms with Crippen LogP contribution >= 0.6 is 22.9 Å². The van der Waals surface area contributed by atoms with E-state index in [1.807, 2.05) is 23.5 Å². The van der Waals surface area contributed by atoms with Crippen LogP contribution in [0, 0.1) is 0 Å². The maximum absolute atomic E-state index is 6.35. The van der Waals surface area contributed by atoms with Gasteiger partial charge < -0.3 is 4.98 Å². The summed E-state index contributed by atoms with van der Waals surface area (Å²) in [6, 6.07) is 10.3. The third-order valence-electron chi connectivity index (χ3n) is 3.36. The van der Waals surface area contributed by atoms with E-state index in [4.69, 9.17) is 11.6 Å². The van der Waals surface area contributed by atoms with Gasteiger partial charge in [0, 0.05) is 27.9 Å². The van der Waals surface area contributed by atoms with Crippen LogP contribution in [0.25, 0.3) is 10.9 Å². The number of halogens is 1. The smallest absolute Gasteiger partial charge is 0.0502 e. The van der Waals surface area contributed by atoms with Crippen molar-refractivity contribution in [3.63, 3.8) is 0 Å². The third kappa shape index (κ3) is 1.86. The van der Waals surface area contributed by atoms with Crippen LogP contribution in [0.4, 0.5) is 0 Å². The van der Waals surface area contributed by atoms with E-state index >= 15 is 0 Å². The molecule has 1 unspecified atom stereocenters. The van der Waals surface area contributed by atoms with Gasteiger partial charge in [0.05, 0.1) is 5.02 Å². The molecule has 1 aromatic carbocycles. The van der Waals surface area contributed by atoms with Gasteiger partial charge in [-0.15, -0.1) is 11.3 Å². The van der Waals surface area contributed by atoms with E-state index in [0.717, 1.165) is 17.0 Å². The lowest BCUT2D eigenvalue weighted by Crippen LogP contribution is -1.96. The predicted octanol–water partition coefficient (Wildman–Crippen LogP) is 5.42. The van der Waals surface area contributed by atoms with Gasteiger partial charge in [-0.05, 0) is 35.6 Å². The summed E-state index contributed by atoms with van der Waals surface area (Å²) in [4.78, 5) is 4.73. The average Bonchev–Trinajstić information content (AvgIpc) is 3.01. The van der Waals surface area contributed by atoms with Gasteiger partial charge in [0.1, 0.15) is 0 Å². The summed E-state index contributed by atoms with van der Waals surface area (Å²) in [5.74, 6) is 0.429. The number of H-pyrrole nitrogens is 1. The zero-order valence-electron chi connectivity index (χ0n) is 10.1. The highest BCUT2D eigenvalue weighted by atomic mass is 35.5. The van der Waals surface area contributed by atoms with Crippen LogP contribution in [0.3, 0.4) is 0 Å². The number of aromatic nitrogens is 1. The minimum absolute atomic E-state index is 0.429. The Labute approximate surface area is 115 Å². The molecule has 3 rings (SSSR count). The van der Waals surface area contributed by atoms with Gasteiger partial charge in [0.25, 0.3) is 0 Å². The molecule has 0 spiro atoms. The Bertz CT molecular complexity index is 654. The fourth-order valence-electron chi connectivity index (χ4n) is 2.50. The molecule has 0 aliphatic heterocycles. The molecule has 18 heavy (non-hydrogen) atoms. The van der Waals surface area contributed by atoms with E-state index in [0.29, 0.717) is 5.92 Å². The SMILES string of the molecule is CCC(c1cccs1)c1c[nH]c2cccc(Cl)c12. The summed E-state index contributed by atoms with van der Waals surface area (Å²) in [6.45, 7) is 2.22. The molecule has 0 saturated heterocycles. The predicted molar refractivity (Wildman–Crippen MR) is 79.8 cm³/mol.